The highest BCUT2D eigenvalue weighted by atomic mass is 35.5. The maximum atomic E-state index is 11.7. The molecular weight excluding hydrogens is 302 g/mol. The molecule has 0 radical (unpaired) electrons. The topological polar surface area (TPSA) is 58.4 Å². The van der Waals surface area contributed by atoms with Crippen molar-refractivity contribution in [3.8, 4) is 11.3 Å². The van der Waals surface area contributed by atoms with E-state index in [9.17, 15) is 4.79 Å². The first kappa shape index (κ1) is 15.1. The number of amides is 1. The van der Waals surface area contributed by atoms with E-state index in [1.54, 1.807) is 6.20 Å². The van der Waals surface area contributed by atoms with Crippen molar-refractivity contribution < 1.29 is 9.21 Å². The Hall–Kier alpha value is -1.85. The molecule has 0 bridgehead atoms. The Morgan fingerprint density at radius 1 is 1.41 bits per heavy atom. The lowest BCUT2D eigenvalue weighted by molar-refractivity contribution is -0.122. The maximum absolute atomic E-state index is 11.7. The van der Waals surface area contributed by atoms with Gasteiger partial charge in [-0.2, -0.15) is 0 Å². The van der Waals surface area contributed by atoms with Gasteiger partial charge in [0.15, 0.2) is 5.76 Å². The first-order valence-corrected chi connectivity index (χ1v) is 7.66. The van der Waals surface area contributed by atoms with Crippen LogP contribution in [0.3, 0.4) is 0 Å². The molecule has 0 spiro atoms. The summed E-state index contributed by atoms with van der Waals surface area (Å²) in [6.45, 7) is 0.834. The van der Waals surface area contributed by atoms with Crippen LogP contribution in [0, 0.1) is 0 Å². The summed E-state index contributed by atoms with van der Waals surface area (Å²) in [5.41, 5.74) is 0.928. The lowest BCUT2D eigenvalue weighted by atomic mass is 10.2. The van der Waals surface area contributed by atoms with Gasteiger partial charge in [0.2, 0.25) is 11.8 Å². The second-order valence-corrected chi connectivity index (χ2v) is 6.08. The molecule has 0 unspecified atom stereocenters. The Morgan fingerprint density at radius 3 is 2.82 bits per heavy atom. The molecule has 1 amide bonds. The quantitative estimate of drug-likeness (QED) is 0.889. The van der Waals surface area contributed by atoms with Crippen LogP contribution in [-0.2, 0) is 11.3 Å². The SMILES string of the molecule is CN(CC(=O)NC1CC1)Cc1ncc(-c2ccc(Cl)cc2)o1. The highest BCUT2D eigenvalue weighted by Crippen LogP contribution is 2.22. The smallest absolute Gasteiger partial charge is 0.234 e. The van der Waals surface area contributed by atoms with Crippen LogP contribution in [0.2, 0.25) is 5.02 Å². The van der Waals surface area contributed by atoms with Crippen LogP contribution in [0.25, 0.3) is 11.3 Å². The first-order valence-electron chi connectivity index (χ1n) is 7.29. The molecule has 22 heavy (non-hydrogen) atoms. The average Bonchev–Trinajstić information content (AvgIpc) is 3.16. The Kier molecular flexibility index (Phi) is 4.45. The second kappa shape index (κ2) is 6.50. The van der Waals surface area contributed by atoms with E-state index in [2.05, 4.69) is 10.3 Å². The van der Waals surface area contributed by atoms with Gasteiger partial charge in [0.25, 0.3) is 0 Å². The Labute approximate surface area is 134 Å². The third-order valence-electron chi connectivity index (χ3n) is 3.44. The summed E-state index contributed by atoms with van der Waals surface area (Å²) in [4.78, 5) is 17.9. The molecule has 0 aliphatic heterocycles. The van der Waals surface area contributed by atoms with E-state index in [-0.39, 0.29) is 5.91 Å². The molecule has 1 saturated carbocycles. The van der Waals surface area contributed by atoms with Gasteiger partial charge >= 0.3 is 0 Å². The zero-order chi connectivity index (χ0) is 15.5. The standard InChI is InChI=1S/C16H18ClN3O2/c1-20(9-15(21)19-13-6-7-13)10-16-18-8-14(22-16)11-2-4-12(17)5-3-11/h2-5,8,13H,6-7,9-10H2,1H3,(H,19,21). The van der Waals surface area contributed by atoms with Crippen LogP contribution in [0.5, 0.6) is 0 Å². The summed E-state index contributed by atoms with van der Waals surface area (Å²) in [6, 6.07) is 7.79. The van der Waals surface area contributed by atoms with Crippen LogP contribution in [-0.4, -0.2) is 35.4 Å². The lowest BCUT2D eigenvalue weighted by Gasteiger charge is -2.13. The van der Waals surface area contributed by atoms with Crippen LogP contribution >= 0.6 is 11.6 Å². The zero-order valence-electron chi connectivity index (χ0n) is 12.4. The minimum atomic E-state index is 0.0504. The van der Waals surface area contributed by atoms with Crippen LogP contribution in [0.15, 0.2) is 34.9 Å². The molecule has 0 atom stereocenters. The van der Waals surface area contributed by atoms with E-state index < -0.39 is 0 Å². The van der Waals surface area contributed by atoms with Crippen LogP contribution in [0.4, 0.5) is 0 Å². The summed E-state index contributed by atoms with van der Waals surface area (Å²) in [5.74, 6) is 1.34. The highest BCUT2D eigenvalue weighted by Gasteiger charge is 2.23. The fourth-order valence-corrected chi connectivity index (χ4v) is 2.29. The molecule has 3 rings (SSSR count). The summed E-state index contributed by atoms with van der Waals surface area (Å²) in [6.07, 6.45) is 3.88. The maximum Gasteiger partial charge on any atom is 0.234 e. The highest BCUT2D eigenvalue weighted by molar-refractivity contribution is 6.30. The fourth-order valence-electron chi connectivity index (χ4n) is 2.16. The van der Waals surface area contributed by atoms with Crippen LogP contribution in [0.1, 0.15) is 18.7 Å². The first-order chi connectivity index (χ1) is 10.6. The molecular formula is C16H18ClN3O2. The number of carbonyl (C=O) groups excluding carboxylic acids is 1. The van der Waals surface area contributed by atoms with Crippen molar-refractivity contribution in [2.24, 2.45) is 0 Å². The molecule has 116 valence electrons. The van der Waals surface area contributed by atoms with Crippen molar-refractivity contribution in [1.82, 2.24) is 15.2 Å². The molecule has 1 aliphatic rings. The lowest BCUT2D eigenvalue weighted by Crippen LogP contribution is -2.35. The predicted molar refractivity (Wildman–Crippen MR) is 84.4 cm³/mol. The van der Waals surface area contributed by atoms with Gasteiger partial charge < -0.3 is 9.73 Å². The van der Waals surface area contributed by atoms with Crippen molar-refractivity contribution in [3.05, 3.63) is 41.4 Å². The molecule has 6 heteroatoms. The van der Waals surface area contributed by atoms with Crippen molar-refractivity contribution in [3.63, 3.8) is 0 Å². The zero-order valence-corrected chi connectivity index (χ0v) is 13.1. The summed E-state index contributed by atoms with van der Waals surface area (Å²) < 4.78 is 5.73. The molecule has 1 heterocycles. The summed E-state index contributed by atoms with van der Waals surface area (Å²) in [5, 5.41) is 3.65. The molecule has 0 saturated heterocycles. The van der Waals surface area contributed by atoms with E-state index in [0.717, 1.165) is 18.4 Å². The number of benzene rings is 1. The fraction of sp³-hybridized carbons (Fsp3) is 0.375. The molecule has 5 nitrogen and oxygen atoms in total. The van der Waals surface area contributed by atoms with Gasteiger partial charge in [-0.05, 0) is 44.2 Å². The van der Waals surface area contributed by atoms with Crippen molar-refractivity contribution in [2.45, 2.75) is 25.4 Å². The van der Waals surface area contributed by atoms with Crippen LogP contribution < -0.4 is 5.32 Å². The summed E-state index contributed by atoms with van der Waals surface area (Å²) in [7, 11) is 1.87. The molecule has 1 fully saturated rings. The van der Waals surface area contributed by atoms with Gasteiger partial charge in [0.1, 0.15) is 0 Å². The third kappa shape index (κ3) is 4.08. The van der Waals surface area contributed by atoms with E-state index in [0.29, 0.717) is 35.8 Å². The number of nitrogens with one attached hydrogen (secondary N) is 1. The Morgan fingerprint density at radius 2 is 2.14 bits per heavy atom. The van der Waals surface area contributed by atoms with E-state index in [4.69, 9.17) is 16.0 Å². The monoisotopic (exact) mass is 319 g/mol. The third-order valence-corrected chi connectivity index (χ3v) is 3.70. The molecule has 1 aliphatic carbocycles. The average molecular weight is 320 g/mol. The van der Waals surface area contributed by atoms with E-state index in [1.807, 2.05) is 36.2 Å². The van der Waals surface area contributed by atoms with E-state index in [1.165, 1.54) is 0 Å². The Bertz CT molecular complexity index is 650. The van der Waals surface area contributed by atoms with Gasteiger partial charge in [-0.25, -0.2) is 4.98 Å². The van der Waals surface area contributed by atoms with Crippen molar-refractivity contribution >= 4 is 17.5 Å². The molecule has 2 aromatic rings. The summed E-state index contributed by atoms with van der Waals surface area (Å²) >= 11 is 5.87. The Balaban J connectivity index is 1.56. The minimum Gasteiger partial charge on any atom is -0.439 e. The van der Waals surface area contributed by atoms with Crippen molar-refractivity contribution in [2.75, 3.05) is 13.6 Å². The van der Waals surface area contributed by atoms with Gasteiger partial charge in [0, 0.05) is 16.6 Å². The number of hydrogen-bond acceptors (Lipinski definition) is 4. The van der Waals surface area contributed by atoms with Gasteiger partial charge in [0.05, 0.1) is 19.3 Å². The number of halogens is 1. The molecule has 1 N–H and O–H groups in total. The number of rotatable bonds is 6. The number of likely N-dealkylation sites (N-methyl/N-ethyl adjacent to an activating group) is 1. The number of oxazole rings is 1. The van der Waals surface area contributed by atoms with E-state index >= 15 is 0 Å². The van der Waals surface area contributed by atoms with Crippen molar-refractivity contribution in [1.29, 1.82) is 0 Å². The minimum absolute atomic E-state index is 0.0504. The molecule has 1 aromatic heterocycles. The number of hydrogen-bond donors (Lipinski definition) is 1. The predicted octanol–water partition coefficient (Wildman–Crippen LogP) is 2.71. The largest absolute Gasteiger partial charge is 0.439 e. The molecule has 1 aromatic carbocycles. The number of nitrogens with zero attached hydrogens (tertiary/aromatic N) is 2. The van der Waals surface area contributed by atoms with Gasteiger partial charge in [-0.15, -0.1) is 0 Å². The van der Waals surface area contributed by atoms with Gasteiger partial charge in [-0.1, -0.05) is 11.6 Å². The second-order valence-electron chi connectivity index (χ2n) is 5.64. The van der Waals surface area contributed by atoms with Gasteiger partial charge in [-0.3, -0.25) is 9.69 Å². The normalized spacial score (nSPS) is 14.3. The number of carbonyl (C=O) groups is 1. The number of aromatic nitrogens is 1.